The molecule has 0 aliphatic carbocycles. The lowest BCUT2D eigenvalue weighted by Crippen LogP contribution is -2.29. The van der Waals surface area contributed by atoms with Gasteiger partial charge in [-0.25, -0.2) is 14.5 Å². The summed E-state index contributed by atoms with van der Waals surface area (Å²) in [5.74, 6) is -0.274. The van der Waals surface area contributed by atoms with E-state index in [-0.39, 0.29) is 23.3 Å². The Morgan fingerprint density at radius 1 is 1.16 bits per heavy atom. The molecule has 0 atom stereocenters. The van der Waals surface area contributed by atoms with Gasteiger partial charge in [-0.1, -0.05) is 13.8 Å². The molecule has 0 radical (unpaired) electrons. The van der Waals surface area contributed by atoms with E-state index in [0.717, 1.165) is 33.7 Å². The first-order valence-corrected chi connectivity index (χ1v) is 11.0. The van der Waals surface area contributed by atoms with Gasteiger partial charge in [-0.3, -0.25) is 4.79 Å². The summed E-state index contributed by atoms with van der Waals surface area (Å²) < 4.78 is 6.75. The molecule has 0 saturated carbocycles. The zero-order valence-electron chi connectivity index (χ0n) is 19.8. The van der Waals surface area contributed by atoms with Crippen molar-refractivity contribution in [2.45, 2.75) is 59.4 Å². The molecule has 1 amide bonds. The number of ether oxygens (including phenoxy) is 1. The predicted molar refractivity (Wildman–Crippen MR) is 125 cm³/mol. The van der Waals surface area contributed by atoms with Crippen LogP contribution in [-0.4, -0.2) is 40.3 Å². The minimum atomic E-state index is -0.375. The molecule has 4 rings (SSSR count). The highest BCUT2D eigenvalue weighted by Gasteiger charge is 2.31. The first-order valence-electron chi connectivity index (χ1n) is 11.0. The average Bonchev–Trinajstić information content (AvgIpc) is 3.32. The van der Waals surface area contributed by atoms with Gasteiger partial charge in [-0.05, 0) is 69.9 Å². The first-order chi connectivity index (χ1) is 15.0. The van der Waals surface area contributed by atoms with Crippen molar-refractivity contribution in [3.8, 4) is 0 Å². The van der Waals surface area contributed by atoms with Crippen molar-refractivity contribution in [3.63, 3.8) is 0 Å². The van der Waals surface area contributed by atoms with Crippen LogP contribution in [0.4, 0.5) is 5.69 Å². The number of benzene rings is 1. The van der Waals surface area contributed by atoms with E-state index in [1.165, 1.54) is 7.11 Å². The predicted octanol–water partition coefficient (Wildman–Crippen LogP) is 4.61. The Labute approximate surface area is 188 Å². The number of aryl methyl sites for hydroxylation is 1. The smallest absolute Gasteiger partial charge is 0.337 e. The summed E-state index contributed by atoms with van der Waals surface area (Å²) in [6.07, 6.45) is 0.692. The third-order valence-electron chi connectivity index (χ3n) is 5.93. The van der Waals surface area contributed by atoms with E-state index in [2.05, 4.69) is 34.6 Å². The molecule has 3 heterocycles. The average molecular weight is 435 g/mol. The van der Waals surface area contributed by atoms with Crippen LogP contribution in [0.15, 0.2) is 24.3 Å². The van der Waals surface area contributed by atoms with E-state index in [9.17, 15) is 9.59 Å². The molecule has 32 heavy (non-hydrogen) atoms. The number of rotatable bonds is 3. The number of hydrogen-bond donors (Lipinski definition) is 0. The van der Waals surface area contributed by atoms with E-state index in [1.807, 2.05) is 29.8 Å². The van der Waals surface area contributed by atoms with Gasteiger partial charge in [0.1, 0.15) is 0 Å². The molecule has 1 aliphatic heterocycles. The Balaban J connectivity index is 1.85. The summed E-state index contributed by atoms with van der Waals surface area (Å²) in [6.45, 7) is 12.9. The molecule has 1 aliphatic rings. The molecular weight excluding hydrogens is 404 g/mol. The van der Waals surface area contributed by atoms with Crippen LogP contribution in [-0.2, 0) is 16.7 Å². The molecule has 0 fully saturated rings. The van der Waals surface area contributed by atoms with E-state index in [1.54, 1.807) is 11.0 Å². The van der Waals surface area contributed by atoms with E-state index in [0.29, 0.717) is 24.1 Å². The van der Waals surface area contributed by atoms with Crippen LogP contribution in [0.1, 0.15) is 78.2 Å². The van der Waals surface area contributed by atoms with Crippen molar-refractivity contribution in [3.05, 3.63) is 52.3 Å². The van der Waals surface area contributed by atoms with Crippen molar-refractivity contribution < 1.29 is 14.3 Å². The summed E-state index contributed by atoms with van der Waals surface area (Å²) in [4.78, 5) is 32.4. The normalized spacial score (nSPS) is 13.7. The monoisotopic (exact) mass is 434 g/mol. The molecule has 7 nitrogen and oxygen atoms in total. The lowest BCUT2D eigenvalue weighted by molar-refractivity contribution is 0.0600. The van der Waals surface area contributed by atoms with Gasteiger partial charge in [0.25, 0.3) is 5.91 Å². The third-order valence-corrected chi connectivity index (χ3v) is 5.93. The number of nitrogens with zero attached hydrogens (tertiary/aromatic N) is 4. The van der Waals surface area contributed by atoms with Crippen molar-refractivity contribution in [2.24, 2.45) is 0 Å². The Hall–Kier alpha value is -3.22. The fourth-order valence-electron chi connectivity index (χ4n) is 4.24. The number of carbonyl (C=O) groups is 2. The number of anilines is 1. The highest BCUT2D eigenvalue weighted by molar-refractivity contribution is 6.14. The second kappa shape index (κ2) is 7.73. The van der Waals surface area contributed by atoms with E-state index in [4.69, 9.17) is 14.8 Å². The van der Waals surface area contributed by atoms with Crippen LogP contribution in [0, 0.1) is 6.92 Å². The highest BCUT2D eigenvalue weighted by Crippen LogP contribution is 2.34. The molecule has 7 heteroatoms. The summed E-state index contributed by atoms with van der Waals surface area (Å²) in [5, 5.41) is 5.55. The number of hydrogen-bond acceptors (Lipinski definition) is 5. The zero-order valence-corrected chi connectivity index (χ0v) is 19.8. The summed E-state index contributed by atoms with van der Waals surface area (Å²) >= 11 is 0. The lowest BCUT2D eigenvalue weighted by atomic mass is 10.0. The number of aromatic nitrogens is 3. The summed E-state index contributed by atoms with van der Waals surface area (Å²) in [7, 11) is 1.37. The Morgan fingerprint density at radius 2 is 1.88 bits per heavy atom. The Bertz CT molecular complexity index is 1230. The highest BCUT2D eigenvalue weighted by atomic mass is 16.5. The number of methoxy groups -OCH3 is 1. The standard InChI is InChI=1S/C25H30N4O3/c1-14(2)19-13-18(21-15(3)27-29(22(21)26-19)25(4,5)6)23(30)28-11-10-16-12-17(24(31)32-7)8-9-20(16)28/h8-9,12-14H,10-11H2,1-7H3. The molecule has 0 unspecified atom stereocenters. The Kier molecular flexibility index (Phi) is 5.31. The van der Waals surface area contributed by atoms with E-state index >= 15 is 0 Å². The second-order valence-electron chi connectivity index (χ2n) is 9.66. The zero-order chi connectivity index (χ0) is 23.4. The van der Waals surface area contributed by atoms with Gasteiger partial charge < -0.3 is 9.64 Å². The fourth-order valence-corrected chi connectivity index (χ4v) is 4.24. The molecule has 2 aromatic heterocycles. The number of esters is 1. The first kappa shape index (κ1) is 22.0. The molecule has 0 saturated heterocycles. The van der Waals surface area contributed by atoms with Crippen molar-refractivity contribution >= 4 is 28.6 Å². The molecule has 1 aromatic carbocycles. The lowest BCUT2D eigenvalue weighted by Gasteiger charge is -2.22. The van der Waals surface area contributed by atoms with Gasteiger partial charge in [0.05, 0.1) is 34.9 Å². The number of pyridine rings is 1. The molecule has 0 bridgehead atoms. The van der Waals surface area contributed by atoms with Crippen molar-refractivity contribution in [1.29, 1.82) is 0 Å². The van der Waals surface area contributed by atoms with Crippen molar-refractivity contribution in [1.82, 2.24) is 14.8 Å². The fraction of sp³-hybridized carbons (Fsp3) is 0.440. The summed E-state index contributed by atoms with van der Waals surface area (Å²) in [6, 6.07) is 7.28. The molecular formula is C25H30N4O3. The van der Waals surface area contributed by atoms with E-state index < -0.39 is 0 Å². The maximum atomic E-state index is 13.9. The van der Waals surface area contributed by atoms with Gasteiger partial charge in [0.15, 0.2) is 5.65 Å². The quantitative estimate of drug-likeness (QED) is 0.563. The topological polar surface area (TPSA) is 77.3 Å². The van der Waals surface area contributed by atoms with Crippen LogP contribution in [0.2, 0.25) is 0 Å². The second-order valence-corrected chi connectivity index (χ2v) is 9.66. The van der Waals surface area contributed by atoms with Gasteiger partial charge in [0, 0.05) is 17.9 Å². The van der Waals surface area contributed by atoms with Crippen molar-refractivity contribution in [2.75, 3.05) is 18.6 Å². The van der Waals surface area contributed by atoms with Gasteiger partial charge in [-0.2, -0.15) is 5.10 Å². The minimum absolute atomic E-state index is 0.0690. The minimum Gasteiger partial charge on any atom is -0.465 e. The molecule has 0 N–H and O–H groups in total. The number of carbonyl (C=O) groups excluding carboxylic acids is 2. The molecule has 168 valence electrons. The van der Waals surface area contributed by atoms with Crippen LogP contribution < -0.4 is 4.90 Å². The maximum absolute atomic E-state index is 13.9. The molecule has 0 spiro atoms. The maximum Gasteiger partial charge on any atom is 0.337 e. The van der Waals surface area contributed by atoms with Gasteiger partial charge in [0.2, 0.25) is 0 Å². The van der Waals surface area contributed by atoms with Crippen LogP contribution >= 0.6 is 0 Å². The number of fused-ring (bicyclic) bond motifs is 2. The third kappa shape index (κ3) is 3.55. The van der Waals surface area contributed by atoms with Crippen LogP contribution in [0.5, 0.6) is 0 Å². The van der Waals surface area contributed by atoms with Crippen LogP contribution in [0.3, 0.4) is 0 Å². The number of amides is 1. The van der Waals surface area contributed by atoms with Gasteiger partial charge in [-0.15, -0.1) is 0 Å². The van der Waals surface area contributed by atoms with Gasteiger partial charge >= 0.3 is 5.97 Å². The van der Waals surface area contributed by atoms with Crippen LogP contribution in [0.25, 0.3) is 11.0 Å². The largest absolute Gasteiger partial charge is 0.465 e. The SMILES string of the molecule is COC(=O)c1ccc2c(c1)CCN2C(=O)c1cc(C(C)C)nc2c1c(C)nn2C(C)(C)C. The summed E-state index contributed by atoms with van der Waals surface area (Å²) in [5.41, 5.74) is 5.06. The molecule has 3 aromatic rings. The Morgan fingerprint density at radius 3 is 2.50 bits per heavy atom.